The van der Waals surface area contributed by atoms with Crippen LogP contribution in [0.25, 0.3) is 0 Å². The molecule has 1 amide bonds. The van der Waals surface area contributed by atoms with Crippen LogP contribution >= 0.6 is 11.6 Å². The molecule has 2 heterocycles. The van der Waals surface area contributed by atoms with Crippen molar-refractivity contribution in [3.63, 3.8) is 0 Å². The van der Waals surface area contributed by atoms with Gasteiger partial charge in [0.1, 0.15) is 0 Å². The molecule has 4 nitrogen and oxygen atoms in total. The summed E-state index contributed by atoms with van der Waals surface area (Å²) < 4.78 is 13.9. The van der Waals surface area contributed by atoms with Crippen molar-refractivity contribution < 1.29 is 9.18 Å². The fourth-order valence-corrected chi connectivity index (χ4v) is 3.15. The molecule has 2 rings (SSSR count). The second-order valence-corrected chi connectivity index (χ2v) is 7.76. The molecule has 1 aliphatic heterocycles. The van der Waals surface area contributed by atoms with Crippen LogP contribution < -0.4 is 4.90 Å². The Balaban J connectivity index is 1.90. The normalized spacial score (nSPS) is 16.5. The number of rotatable bonds is 3. The summed E-state index contributed by atoms with van der Waals surface area (Å²) in [5.41, 5.74) is -0.355. The summed E-state index contributed by atoms with van der Waals surface area (Å²) in [6.45, 7) is 8.04. The van der Waals surface area contributed by atoms with Gasteiger partial charge >= 0.3 is 0 Å². The Morgan fingerprint density at radius 3 is 2.57 bits per heavy atom. The zero-order valence-corrected chi connectivity index (χ0v) is 15.0. The van der Waals surface area contributed by atoms with Crippen LogP contribution in [0.4, 0.5) is 10.2 Å². The van der Waals surface area contributed by atoms with E-state index in [1.165, 1.54) is 12.3 Å². The summed E-state index contributed by atoms with van der Waals surface area (Å²) in [6, 6.07) is 1.30. The lowest BCUT2D eigenvalue weighted by molar-refractivity contribution is -0.138. The van der Waals surface area contributed by atoms with Crippen molar-refractivity contribution >= 4 is 23.3 Å². The molecule has 1 aromatic heterocycles. The number of carbonyl (C=O) groups excluding carboxylic acids is 1. The predicted octanol–water partition coefficient (Wildman–Crippen LogP) is 3.60. The quantitative estimate of drug-likeness (QED) is 0.843. The number of hydrogen-bond acceptors (Lipinski definition) is 3. The summed E-state index contributed by atoms with van der Waals surface area (Å²) in [4.78, 5) is 20.1. The first-order valence-electron chi connectivity index (χ1n) is 8.00. The van der Waals surface area contributed by atoms with Gasteiger partial charge in [-0.2, -0.15) is 0 Å². The van der Waals surface area contributed by atoms with Gasteiger partial charge in [0, 0.05) is 38.3 Å². The molecule has 0 aromatic carbocycles. The second kappa shape index (κ2) is 7.04. The van der Waals surface area contributed by atoms with Gasteiger partial charge in [-0.25, -0.2) is 9.37 Å². The van der Waals surface area contributed by atoms with Crippen molar-refractivity contribution in [2.75, 3.05) is 31.6 Å². The highest BCUT2D eigenvalue weighted by molar-refractivity contribution is 6.30. The Kier molecular flexibility index (Phi) is 5.50. The Morgan fingerprint density at radius 1 is 1.43 bits per heavy atom. The smallest absolute Gasteiger partial charge is 0.227 e. The molecule has 0 unspecified atom stereocenters. The van der Waals surface area contributed by atoms with Crippen molar-refractivity contribution in [1.82, 2.24) is 9.88 Å². The first-order valence-corrected chi connectivity index (χ1v) is 8.38. The topological polar surface area (TPSA) is 36.4 Å². The minimum Gasteiger partial charge on any atom is -0.354 e. The highest BCUT2D eigenvalue weighted by atomic mass is 35.5. The summed E-state index contributed by atoms with van der Waals surface area (Å²) >= 11 is 5.74. The molecule has 0 atom stereocenters. The fourth-order valence-electron chi connectivity index (χ4n) is 3.01. The van der Waals surface area contributed by atoms with Crippen LogP contribution in [0.15, 0.2) is 12.3 Å². The zero-order chi connectivity index (χ0) is 17.2. The molecule has 1 aliphatic rings. The van der Waals surface area contributed by atoms with Crippen LogP contribution in [0.3, 0.4) is 0 Å². The first kappa shape index (κ1) is 18.0. The second-order valence-electron chi connectivity index (χ2n) is 7.33. The molecule has 1 saturated heterocycles. The van der Waals surface area contributed by atoms with Gasteiger partial charge in [-0.3, -0.25) is 4.79 Å². The summed E-state index contributed by atoms with van der Waals surface area (Å²) in [5.74, 6) is 0.589. The molecule has 23 heavy (non-hydrogen) atoms. The Morgan fingerprint density at radius 2 is 2.04 bits per heavy atom. The number of halogens is 2. The summed E-state index contributed by atoms with van der Waals surface area (Å²) in [7, 11) is 1.86. The van der Waals surface area contributed by atoms with E-state index in [2.05, 4.69) is 4.98 Å². The van der Waals surface area contributed by atoms with Gasteiger partial charge in [0.05, 0.1) is 5.02 Å². The van der Waals surface area contributed by atoms with Crippen LogP contribution in [0.2, 0.25) is 5.02 Å². The molecular weight excluding hydrogens is 317 g/mol. The van der Waals surface area contributed by atoms with Crippen LogP contribution in [0, 0.1) is 17.2 Å². The van der Waals surface area contributed by atoms with Gasteiger partial charge in [0.15, 0.2) is 11.6 Å². The Hall–Kier alpha value is -1.36. The van der Waals surface area contributed by atoms with Gasteiger partial charge in [-0.15, -0.1) is 0 Å². The Bertz CT molecular complexity index is 565. The number of amides is 1. The highest BCUT2D eigenvalue weighted by Gasteiger charge is 2.28. The highest BCUT2D eigenvalue weighted by Crippen LogP contribution is 2.26. The van der Waals surface area contributed by atoms with Crippen molar-refractivity contribution in [3.8, 4) is 0 Å². The SMILES string of the molecule is CN(CC1CCN(c2ncc(Cl)cc2F)CC1)C(=O)C(C)(C)C. The maximum Gasteiger partial charge on any atom is 0.227 e. The molecule has 0 bridgehead atoms. The predicted molar refractivity (Wildman–Crippen MR) is 91.2 cm³/mol. The van der Waals surface area contributed by atoms with Crippen LogP contribution in [-0.2, 0) is 4.79 Å². The minimum absolute atomic E-state index is 0.158. The molecular formula is C17H25ClFN3O. The van der Waals surface area contributed by atoms with Gasteiger partial charge in [0.2, 0.25) is 5.91 Å². The maximum atomic E-state index is 13.9. The number of nitrogens with zero attached hydrogens (tertiary/aromatic N) is 3. The number of carbonyl (C=O) groups is 1. The van der Waals surface area contributed by atoms with E-state index in [9.17, 15) is 9.18 Å². The first-order chi connectivity index (χ1) is 10.7. The van der Waals surface area contributed by atoms with Crippen LogP contribution in [0.1, 0.15) is 33.6 Å². The summed E-state index contributed by atoms with van der Waals surface area (Å²) in [5, 5.41) is 0.309. The number of pyridine rings is 1. The van der Waals surface area contributed by atoms with Gasteiger partial charge in [0.25, 0.3) is 0 Å². The van der Waals surface area contributed by atoms with Crippen molar-refractivity contribution in [3.05, 3.63) is 23.1 Å². The molecule has 6 heteroatoms. The molecule has 0 spiro atoms. The third-order valence-corrected chi connectivity index (χ3v) is 4.43. The van der Waals surface area contributed by atoms with E-state index in [4.69, 9.17) is 11.6 Å². The maximum absolute atomic E-state index is 13.9. The number of hydrogen-bond donors (Lipinski definition) is 0. The average Bonchev–Trinajstić information content (AvgIpc) is 2.46. The van der Waals surface area contributed by atoms with E-state index in [1.807, 2.05) is 37.6 Å². The van der Waals surface area contributed by atoms with Crippen molar-refractivity contribution in [1.29, 1.82) is 0 Å². The fraction of sp³-hybridized carbons (Fsp3) is 0.647. The van der Waals surface area contributed by atoms with E-state index in [-0.39, 0.29) is 17.1 Å². The Labute approximate surface area is 142 Å². The van der Waals surface area contributed by atoms with Gasteiger partial charge in [-0.05, 0) is 24.8 Å². The molecule has 1 aromatic rings. The average molecular weight is 342 g/mol. The van der Waals surface area contributed by atoms with Gasteiger partial charge in [-0.1, -0.05) is 32.4 Å². The van der Waals surface area contributed by atoms with E-state index in [0.29, 0.717) is 16.8 Å². The van der Waals surface area contributed by atoms with Crippen LogP contribution in [0.5, 0.6) is 0 Å². The molecule has 1 fully saturated rings. The van der Waals surface area contributed by atoms with E-state index in [1.54, 1.807) is 0 Å². The zero-order valence-electron chi connectivity index (χ0n) is 14.3. The number of aromatic nitrogens is 1. The molecule has 128 valence electrons. The lowest BCUT2D eigenvalue weighted by atomic mass is 9.92. The third kappa shape index (κ3) is 4.56. The molecule has 0 aliphatic carbocycles. The van der Waals surface area contributed by atoms with Crippen LogP contribution in [-0.4, -0.2) is 42.5 Å². The lowest BCUT2D eigenvalue weighted by Crippen LogP contribution is -2.43. The monoisotopic (exact) mass is 341 g/mol. The standard InChI is InChI=1S/C17H25ClFN3O/c1-17(2,3)16(23)21(4)11-12-5-7-22(8-6-12)15-14(19)9-13(18)10-20-15/h9-10,12H,5-8,11H2,1-4H3. The van der Waals surface area contributed by atoms with Gasteiger partial charge < -0.3 is 9.80 Å². The van der Waals surface area contributed by atoms with E-state index in [0.717, 1.165) is 32.5 Å². The lowest BCUT2D eigenvalue weighted by Gasteiger charge is -2.36. The minimum atomic E-state index is -0.379. The number of piperidine rings is 1. The summed E-state index contributed by atoms with van der Waals surface area (Å²) in [6.07, 6.45) is 3.32. The van der Waals surface area contributed by atoms with Crippen molar-refractivity contribution in [2.24, 2.45) is 11.3 Å². The molecule has 0 N–H and O–H groups in total. The largest absolute Gasteiger partial charge is 0.354 e. The van der Waals surface area contributed by atoms with E-state index < -0.39 is 0 Å². The van der Waals surface area contributed by atoms with Crippen molar-refractivity contribution in [2.45, 2.75) is 33.6 Å². The third-order valence-electron chi connectivity index (χ3n) is 4.22. The van der Waals surface area contributed by atoms with E-state index >= 15 is 0 Å². The molecule has 0 radical (unpaired) electrons. The molecule has 0 saturated carbocycles. The number of anilines is 1.